The summed E-state index contributed by atoms with van der Waals surface area (Å²) < 4.78 is 0. The van der Waals surface area contributed by atoms with Crippen molar-refractivity contribution < 1.29 is 0 Å². The van der Waals surface area contributed by atoms with Crippen molar-refractivity contribution in [1.82, 2.24) is 0 Å². The predicted octanol–water partition coefficient (Wildman–Crippen LogP) is 4.68. The van der Waals surface area contributed by atoms with Crippen LogP contribution in [0.1, 0.15) is 76.0 Å². The van der Waals surface area contributed by atoms with Crippen LogP contribution in [0.4, 0.5) is 0 Å². The summed E-state index contributed by atoms with van der Waals surface area (Å²) in [6, 6.07) is 7.09. The van der Waals surface area contributed by atoms with E-state index in [1.807, 2.05) is 0 Å². The maximum Gasteiger partial charge on any atom is 0 e. The molecule has 0 aliphatic rings. The Morgan fingerprint density at radius 2 is 0.750 bits per heavy atom. The molecule has 0 fully saturated rings. The van der Waals surface area contributed by atoms with Crippen LogP contribution < -0.4 is 0 Å². The third kappa shape index (κ3) is 4.24. The molecule has 0 saturated heterocycles. The zero-order valence-electron chi connectivity index (χ0n) is 12.0. The van der Waals surface area contributed by atoms with Gasteiger partial charge in [-0.25, -0.2) is 0 Å². The van der Waals surface area contributed by atoms with Crippen molar-refractivity contribution in [2.75, 3.05) is 0 Å². The Kier molecular flexibility index (Phi) is 6.93. The minimum atomic E-state index is 0. The van der Waals surface area contributed by atoms with E-state index in [9.17, 15) is 0 Å². The molecular formula is C15H24Na. The number of rotatable bonds is 3. The second-order valence-corrected chi connectivity index (χ2v) is 5.40. The molecule has 1 rings (SSSR count). The van der Waals surface area contributed by atoms with Crippen LogP contribution in [0.2, 0.25) is 0 Å². The van der Waals surface area contributed by atoms with Gasteiger partial charge in [0.05, 0.1) is 0 Å². The SMILES string of the molecule is CC(C)c1cc(C(C)C)cc(C(C)C)c1.[Na]. The van der Waals surface area contributed by atoms with E-state index in [-0.39, 0.29) is 29.6 Å². The molecule has 1 aromatic rings. The molecule has 0 unspecified atom stereocenters. The zero-order valence-corrected chi connectivity index (χ0v) is 14.0. The van der Waals surface area contributed by atoms with Crippen LogP contribution in [-0.2, 0) is 0 Å². The monoisotopic (exact) mass is 227 g/mol. The molecule has 0 bridgehead atoms. The Morgan fingerprint density at radius 1 is 0.562 bits per heavy atom. The summed E-state index contributed by atoms with van der Waals surface area (Å²) in [7, 11) is 0. The van der Waals surface area contributed by atoms with E-state index < -0.39 is 0 Å². The van der Waals surface area contributed by atoms with Crippen LogP contribution in [0, 0.1) is 0 Å². The van der Waals surface area contributed by atoms with Gasteiger partial charge in [-0.15, -0.1) is 0 Å². The zero-order chi connectivity index (χ0) is 11.6. The number of hydrogen-bond acceptors (Lipinski definition) is 0. The molecule has 0 amide bonds. The number of benzene rings is 1. The van der Waals surface area contributed by atoms with Gasteiger partial charge in [-0.3, -0.25) is 0 Å². The molecule has 0 aliphatic heterocycles. The van der Waals surface area contributed by atoms with Crippen molar-refractivity contribution in [3.63, 3.8) is 0 Å². The average Bonchev–Trinajstić information content (AvgIpc) is 2.16. The topological polar surface area (TPSA) is 0 Å². The normalized spacial score (nSPS) is 11.1. The molecule has 85 valence electrons. The van der Waals surface area contributed by atoms with Gasteiger partial charge in [0.1, 0.15) is 0 Å². The average molecular weight is 227 g/mol. The summed E-state index contributed by atoms with van der Waals surface area (Å²) in [6.45, 7) is 13.6. The molecule has 0 nitrogen and oxygen atoms in total. The van der Waals surface area contributed by atoms with Crippen molar-refractivity contribution in [2.45, 2.75) is 59.3 Å². The van der Waals surface area contributed by atoms with E-state index in [0.29, 0.717) is 17.8 Å². The largest absolute Gasteiger partial charge is 0.0587 e. The maximum atomic E-state index is 2.36. The minimum Gasteiger partial charge on any atom is -0.0587 e. The summed E-state index contributed by atoms with van der Waals surface area (Å²) in [4.78, 5) is 0. The van der Waals surface area contributed by atoms with Crippen LogP contribution >= 0.6 is 0 Å². The van der Waals surface area contributed by atoms with E-state index in [4.69, 9.17) is 0 Å². The fourth-order valence-electron chi connectivity index (χ4n) is 1.70. The van der Waals surface area contributed by atoms with Gasteiger partial charge in [-0.2, -0.15) is 0 Å². The first-order valence-electron chi connectivity index (χ1n) is 6.06. The van der Waals surface area contributed by atoms with Gasteiger partial charge in [-0.1, -0.05) is 59.7 Å². The Balaban J connectivity index is 0.00000225. The maximum absolute atomic E-state index is 2.36. The van der Waals surface area contributed by atoms with Gasteiger partial charge in [0.2, 0.25) is 0 Å². The summed E-state index contributed by atoms with van der Waals surface area (Å²) >= 11 is 0. The Hall–Kier alpha value is 0.220. The van der Waals surface area contributed by atoms with E-state index in [2.05, 4.69) is 59.7 Å². The molecule has 0 aliphatic carbocycles. The molecule has 0 aromatic heterocycles. The number of hydrogen-bond donors (Lipinski definition) is 0. The van der Waals surface area contributed by atoms with Crippen molar-refractivity contribution in [3.05, 3.63) is 34.9 Å². The van der Waals surface area contributed by atoms with Gasteiger partial charge in [0.15, 0.2) is 0 Å². The molecule has 0 N–H and O–H groups in total. The van der Waals surface area contributed by atoms with E-state index >= 15 is 0 Å². The predicted molar refractivity (Wildman–Crippen MR) is 74.5 cm³/mol. The van der Waals surface area contributed by atoms with Gasteiger partial charge in [-0.05, 0) is 34.4 Å². The molecular weight excluding hydrogens is 203 g/mol. The van der Waals surface area contributed by atoms with Gasteiger partial charge in [0, 0.05) is 29.6 Å². The van der Waals surface area contributed by atoms with Crippen LogP contribution in [0.3, 0.4) is 0 Å². The smallest absolute Gasteiger partial charge is 0 e. The molecule has 1 heteroatoms. The summed E-state index contributed by atoms with van der Waals surface area (Å²) in [6.07, 6.45) is 0. The van der Waals surface area contributed by atoms with Crippen LogP contribution in [0.5, 0.6) is 0 Å². The first-order valence-corrected chi connectivity index (χ1v) is 6.06. The molecule has 16 heavy (non-hydrogen) atoms. The third-order valence-electron chi connectivity index (χ3n) is 3.00. The van der Waals surface area contributed by atoms with Crippen molar-refractivity contribution in [2.24, 2.45) is 0 Å². The van der Waals surface area contributed by atoms with Crippen LogP contribution in [0.25, 0.3) is 0 Å². The molecule has 1 aromatic carbocycles. The quantitative estimate of drug-likeness (QED) is 0.658. The van der Waals surface area contributed by atoms with E-state index in [1.165, 1.54) is 16.7 Å². The van der Waals surface area contributed by atoms with Crippen molar-refractivity contribution in [3.8, 4) is 0 Å². The summed E-state index contributed by atoms with van der Waals surface area (Å²) in [5.41, 5.74) is 4.43. The third-order valence-corrected chi connectivity index (χ3v) is 3.00. The fraction of sp³-hybridized carbons (Fsp3) is 0.600. The second kappa shape index (κ2) is 6.83. The second-order valence-electron chi connectivity index (χ2n) is 5.40. The molecule has 1 radical (unpaired) electrons. The first-order chi connectivity index (χ1) is 6.91. The van der Waals surface area contributed by atoms with Crippen molar-refractivity contribution in [1.29, 1.82) is 0 Å². The molecule has 0 spiro atoms. The summed E-state index contributed by atoms with van der Waals surface area (Å²) in [5.74, 6) is 1.88. The van der Waals surface area contributed by atoms with Crippen molar-refractivity contribution >= 4 is 29.6 Å². The Morgan fingerprint density at radius 3 is 0.875 bits per heavy atom. The van der Waals surface area contributed by atoms with E-state index in [1.54, 1.807) is 0 Å². The van der Waals surface area contributed by atoms with Crippen LogP contribution in [-0.4, -0.2) is 29.6 Å². The first kappa shape index (κ1) is 16.2. The van der Waals surface area contributed by atoms with Gasteiger partial charge in [0.25, 0.3) is 0 Å². The molecule has 0 heterocycles. The van der Waals surface area contributed by atoms with Gasteiger partial charge >= 0.3 is 0 Å². The standard InChI is InChI=1S/C15H24.Na/c1-10(2)13-7-14(11(3)4)9-15(8-13)12(5)6;/h7-12H,1-6H3;. The Labute approximate surface area is 123 Å². The Bertz CT molecular complexity index is 259. The minimum absolute atomic E-state index is 0. The summed E-state index contributed by atoms with van der Waals surface area (Å²) in [5, 5.41) is 0. The molecule has 0 saturated carbocycles. The molecule has 0 atom stereocenters. The fourth-order valence-corrected chi connectivity index (χ4v) is 1.70. The van der Waals surface area contributed by atoms with Gasteiger partial charge < -0.3 is 0 Å². The van der Waals surface area contributed by atoms with Crippen LogP contribution in [0.15, 0.2) is 18.2 Å². The van der Waals surface area contributed by atoms with E-state index in [0.717, 1.165) is 0 Å².